The van der Waals surface area contributed by atoms with Crippen LogP contribution in [0.4, 0.5) is 0 Å². The summed E-state index contributed by atoms with van der Waals surface area (Å²) in [4.78, 5) is 14.0. The van der Waals surface area contributed by atoms with Crippen LogP contribution in [-0.4, -0.2) is 48.3 Å². The van der Waals surface area contributed by atoms with Crippen LogP contribution < -0.4 is 4.74 Å². The summed E-state index contributed by atoms with van der Waals surface area (Å²) in [7, 11) is 0. The lowest BCUT2D eigenvalue weighted by atomic mass is 10.1. The van der Waals surface area contributed by atoms with Gasteiger partial charge in [0, 0.05) is 23.7 Å². The summed E-state index contributed by atoms with van der Waals surface area (Å²) in [5.74, 6) is 0.397. The number of carbonyl (C=O) groups excluding carboxylic acids is 1. The molecule has 116 valence electrons. The summed E-state index contributed by atoms with van der Waals surface area (Å²) in [6.45, 7) is 5.61. The maximum Gasteiger partial charge on any atom is 0.263 e. The van der Waals surface area contributed by atoms with Crippen molar-refractivity contribution >= 4 is 17.5 Å². The third kappa shape index (κ3) is 4.09. The quantitative estimate of drug-likeness (QED) is 0.924. The molecule has 0 bridgehead atoms. The Balaban J connectivity index is 2.08. The first-order valence-corrected chi connectivity index (χ1v) is 7.37. The van der Waals surface area contributed by atoms with Crippen molar-refractivity contribution in [3.63, 3.8) is 0 Å². The van der Waals surface area contributed by atoms with Gasteiger partial charge in [-0.05, 0) is 32.0 Å². The van der Waals surface area contributed by atoms with Crippen LogP contribution in [0.5, 0.6) is 5.75 Å². The second kappa shape index (κ2) is 7.11. The number of nitrogens with zero attached hydrogens (tertiary/aromatic N) is 1. The van der Waals surface area contributed by atoms with Crippen molar-refractivity contribution in [2.45, 2.75) is 26.1 Å². The summed E-state index contributed by atoms with van der Waals surface area (Å²) in [6, 6.07) is 5.00. The molecule has 1 saturated heterocycles. The largest absolute Gasteiger partial charge is 0.481 e. The van der Waals surface area contributed by atoms with Crippen molar-refractivity contribution in [2.24, 2.45) is 0 Å². The number of amides is 1. The molecule has 21 heavy (non-hydrogen) atoms. The number of benzene rings is 1. The zero-order valence-electron chi connectivity index (χ0n) is 12.2. The molecule has 2 atom stereocenters. The lowest BCUT2D eigenvalue weighted by Gasteiger charge is -2.29. The minimum absolute atomic E-state index is 0.0789. The number of carbonyl (C=O) groups is 1. The van der Waals surface area contributed by atoms with Crippen LogP contribution in [0.3, 0.4) is 0 Å². The van der Waals surface area contributed by atoms with Gasteiger partial charge in [0.25, 0.3) is 5.91 Å². The zero-order valence-corrected chi connectivity index (χ0v) is 13.0. The third-order valence-electron chi connectivity index (χ3n) is 3.40. The van der Waals surface area contributed by atoms with E-state index < -0.39 is 12.2 Å². The van der Waals surface area contributed by atoms with Crippen LogP contribution in [0, 0.1) is 0 Å². The average Bonchev–Trinajstić information content (AvgIpc) is 2.49. The minimum Gasteiger partial charge on any atom is -0.481 e. The van der Waals surface area contributed by atoms with E-state index in [1.54, 1.807) is 36.9 Å². The fourth-order valence-corrected chi connectivity index (χ4v) is 2.42. The fraction of sp³-hybridized carbons (Fsp3) is 0.533. The number of morpholine rings is 1. The Kier molecular flexibility index (Phi) is 5.45. The van der Waals surface area contributed by atoms with Gasteiger partial charge < -0.3 is 19.5 Å². The lowest BCUT2D eigenvalue weighted by molar-refractivity contribution is -0.142. The van der Waals surface area contributed by atoms with E-state index in [0.717, 1.165) is 0 Å². The molecule has 1 fully saturated rings. The van der Waals surface area contributed by atoms with Gasteiger partial charge in [-0.1, -0.05) is 11.6 Å². The Morgan fingerprint density at radius 2 is 2.05 bits per heavy atom. The molecule has 0 radical (unpaired) electrons. The number of rotatable bonds is 4. The first-order chi connectivity index (χ1) is 9.99. The van der Waals surface area contributed by atoms with Gasteiger partial charge in [0.1, 0.15) is 5.75 Å². The monoisotopic (exact) mass is 313 g/mol. The van der Waals surface area contributed by atoms with Crippen LogP contribution in [0.2, 0.25) is 5.02 Å². The van der Waals surface area contributed by atoms with E-state index in [-0.39, 0.29) is 5.91 Å². The molecule has 1 amide bonds. The first kappa shape index (κ1) is 16.1. The van der Waals surface area contributed by atoms with Gasteiger partial charge in [-0.3, -0.25) is 4.79 Å². The van der Waals surface area contributed by atoms with Gasteiger partial charge in [-0.2, -0.15) is 0 Å². The highest BCUT2D eigenvalue weighted by Crippen LogP contribution is 2.29. The van der Waals surface area contributed by atoms with Crippen LogP contribution in [0.25, 0.3) is 0 Å². The normalized spacial score (nSPS) is 18.2. The first-order valence-electron chi connectivity index (χ1n) is 6.99. The molecule has 1 aromatic rings. The minimum atomic E-state index is -0.718. The van der Waals surface area contributed by atoms with E-state index in [4.69, 9.17) is 21.1 Å². The molecule has 1 heterocycles. The van der Waals surface area contributed by atoms with Crippen molar-refractivity contribution < 1.29 is 19.4 Å². The maximum atomic E-state index is 12.3. The van der Waals surface area contributed by atoms with Crippen LogP contribution in [-0.2, 0) is 9.53 Å². The highest BCUT2D eigenvalue weighted by Gasteiger charge is 2.24. The predicted octanol–water partition coefficient (Wildman–Crippen LogP) is 2.02. The summed E-state index contributed by atoms with van der Waals surface area (Å²) < 4.78 is 11.0. The number of halogens is 1. The molecular weight excluding hydrogens is 294 g/mol. The van der Waals surface area contributed by atoms with Gasteiger partial charge in [-0.15, -0.1) is 0 Å². The van der Waals surface area contributed by atoms with Gasteiger partial charge in [0.15, 0.2) is 6.10 Å². The number of hydrogen-bond acceptors (Lipinski definition) is 4. The summed E-state index contributed by atoms with van der Waals surface area (Å²) in [6.07, 6.45) is -1.34. The molecule has 0 aromatic heterocycles. The van der Waals surface area contributed by atoms with Crippen molar-refractivity contribution in [1.29, 1.82) is 0 Å². The molecule has 1 aromatic carbocycles. The Morgan fingerprint density at radius 3 is 2.67 bits per heavy atom. The average molecular weight is 314 g/mol. The second-order valence-corrected chi connectivity index (χ2v) is 5.49. The number of ether oxygens (including phenoxy) is 2. The Bertz CT molecular complexity index is 500. The third-order valence-corrected chi connectivity index (χ3v) is 3.63. The Morgan fingerprint density at radius 1 is 1.38 bits per heavy atom. The predicted molar refractivity (Wildman–Crippen MR) is 79.6 cm³/mol. The van der Waals surface area contributed by atoms with Gasteiger partial charge in [0.2, 0.25) is 0 Å². The fourth-order valence-electron chi connectivity index (χ4n) is 2.23. The van der Waals surface area contributed by atoms with Crippen molar-refractivity contribution in [1.82, 2.24) is 4.90 Å². The van der Waals surface area contributed by atoms with Crippen molar-refractivity contribution in [3.8, 4) is 5.75 Å². The van der Waals surface area contributed by atoms with Crippen molar-refractivity contribution in [3.05, 3.63) is 28.8 Å². The SMILES string of the molecule is CC(Oc1ccc(Cl)cc1[C@H](C)O)C(=O)N1CCOCC1. The topological polar surface area (TPSA) is 59.0 Å². The second-order valence-electron chi connectivity index (χ2n) is 5.06. The molecule has 1 unspecified atom stereocenters. The Labute approximate surface area is 129 Å². The molecule has 1 aliphatic heterocycles. The van der Waals surface area contributed by atoms with E-state index in [0.29, 0.717) is 42.6 Å². The zero-order chi connectivity index (χ0) is 15.4. The molecule has 0 aliphatic carbocycles. The highest BCUT2D eigenvalue weighted by molar-refractivity contribution is 6.30. The lowest BCUT2D eigenvalue weighted by Crippen LogP contribution is -2.46. The smallest absolute Gasteiger partial charge is 0.263 e. The van der Waals surface area contributed by atoms with Crippen LogP contribution in [0.1, 0.15) is 25.5 Å². The molecule has 1 aliphatic rings. The van der Waals surface area contributed by atoms with Gasteiger partial charge in [-0.25, -0.2) is 0 Å². The number of aliphatic hydroxyl groups excluding tert-OH is 1. The number of aliphatic hydroxyl groups is 1. The highest BCUT2D eigenvalue weighted by atomic mass is 35.5. The van der Waals surface area contributed by atoms with E-state index in [9.17, 15) is 9.90 Å². The molecule has 1 N–H and O–H groups in total. The van der Waals surface area contributed by atoms with E-state index in [2.05, 4.69) is 0 Å². The van der Waals surface area contributed by atoms with Crippen molar-refractivity contribution in [2.75, 3.05) is 26.3 Å². The summed E-state index contributed by atoms with van der Waals surface area (Å²) in [5, 5.41) is 10.3. The van der Waals surface area contributed by atoms with Gasteiger partial charge in [0.05, 0.1) is 19.3 Å². The maximum absolute atomic E-state index is 12.3. The summed E-state index contributed by atoms with van der Waals surface area (Å²) >= 11 is 5.93. The summed E-state index contributed by atoms with van der Waals surface area (Å²) in [5.41, 5.74) is 0.573. The molecule has 0 saturated carbocycles. The standard InChI is InChI=1S/C15H20ClNO4/c1-10(18)13-9-12(16)3-4-14(13)21-11(2)15(19)17-5-7-20-8-6-17/h3-4,9-11,18H,5-8H2,1-2H3/t10-,11?/m0/s1. The number of hydrogen-bond donors (Lipinski definition) is 1. The molecule has 5 nitrogen and oxygen atoms in total. The Hall–Kier alpha value is -1.30. The molecule has 0 spiro atoms. The molecule has 6 heteroatoms. The molecule has 2 rings (SSSR count). The van der Waals surface area contributed by atoms with E-state index in [1.807, 2.05) is 0 Å². The van der Waals surface area contributed by atoms with Crippen LogP contribution in [0.15, 0.2) is 18.2 Å². The van der Waals surface area contributed by atoms with E-state index >= 15 is 0 Å². The van der Waals surface area contributed by atoms with Crippen LogP contribution >= 0.6 is 11.6 Å². The molecular formula is C15H20ClNO4. The van der Waals surface area contributed by atoms with Gasteiger partial charge >= 0.3 is 0 Å². The van der Waals surface area contributed by atoms with E-state index in [1.165, 1.54) is 0 Å².